The fourth-order valence-corrected chi connectivity index (χ4v) is 6.19. The fourth-order valence-electron chi connectivity index (χ4n) is 6.19. The maximum atomic E-state index is 13.0. The number of ether oxygens (including phenoxy) is 2. The van der Waals surface area contributed by atoms with Crippen LogP contribution in [-0.4, -0.2) is 71.5 Å². The first-order valence-electron chi connectivity index (χ1n) is 13.3. The number of fused-ring (bicyclic) bond motifs is 1. The molecule has 3 aliphatic heterocycles. The second kappa shape index (κ2) is 9.54. The molecule has 3 amide bonds. The lowest BCUT2D eigenvalue weighted by atomic mass is 10.0. The molecule has 1 aromatic rings. The minimum atomic E-state index is -0.590. The van der Waals surface area contributed by atoms with Gasteiger partial charge in [-0.3, -0.25) is 24.6 Å². The quantitative estimate of drug-likeness (QED) is 0.603. The molecule has 0 aromatic heterocycles. The summed E-state index contributed by atoms with van der Waals surface area (Å²) in [5, 5.41) is 2.36. The summed E-state index contributed by atoms with van der Waals surface area (Å²) in [6, 6.07) is 5.51. The number of nitrogens with one attached hydrogen (secondary N) is 1. The summed E-state index contributed by atoms with van der Waals surface area (Å²) in [6.07, 6.45) is 9.45. The average Bonchev–Trinajstić information content (AvgIpc) is 3.49. The van der Waals surface area contributed by atoms with Crippen molar-refractivity contribution in [1.82, 2.24) is 15.1 Å². The topological polar surface area (TPSA) is 88.2 Å². The molecule has 3 atom stereocenters. The number of imide groups is 1. The summed E-state index contributed by atoms with van der Waals surface area (Å²) in [5.74, 6) is 0.814. The van der Waals surface area contributed by atoms with Crippen LogP contribution in [-0.2, 0) is 20.9 Å². The van der Waals surface area contributed by atoms with E-state index in [0.29, 0.717) is 30.7 Å². The van der Waals surface area contributed by atoms with Gasteiger partial charge >= 0.3 is 0 Å². The monoisotopic (exact) mass is 481 g/mol. The van der Waals surface area contributed by atoms with Crippen LogP contribution in [0.4, 0.5) is 0 Å². The summed E-state index contributed by atoms with van der Waals surface area (Å²) in [4.78, 5) is 40.9. The molecular weight excluding hydrogens is 446 g/mol. The van der Waals surface area contributed by atoms with Gasteiger partial charge in [-0.25, -0.2) is 0 Å². The second-order valence-corrected chi connectivity index (χ2v) is 10.9. The first-order valence-corrected chi connectivity index (χ1v) is 13.3. The molecule has 1 unspecified atom stereocenters. The van der Waals surface area contributed by atoms with Gasteiger partial charge in [0.05, 0.1) is 6.10 Å². The molecule has 6 rings (SSSR count). The predicted molar refractivity (Wildman–Crippen MR) is 128 cm³/mol. The van der Waals surface area contributed by atoms with E-state index < -0.39 is 6.04 Å². The minimum absolute atomic E-state index is 0.147. The van der Waals surface area contributed by atoms with E-state index in [1.54, 1.807) is 4.90 Å². The van der Waals surface area contributed by atoms with Gasteiger partial charge in [-0.1, -0.05) is 0 Å². The van der Waals surface area contributed by atoms with Crippen LogP contribution >= 0.6 is 0 Å². The summed E-state index contributed by atoms with van der Waals surface area (Å²) >= 11 is 0. The van der Waals surface area contributed by atoms with Gasteiger partial charge in [0.25, 0.3) is 5.91 Å². The van der Waals surface area contributed by atoms with E-state index in [1.807, 2.05) is 18.2 Å². The third-order valence-corrected chi connectivity index (χ3v) is 8.41. The number of benzene rings is 1. The molecule has 0 spiro atoms. The number of amides is 3. The Morgan fingerprint density at radius 3 is 2.57 bits per heavy atom. The Kier molecular flexibility index (Phi) is 6.26. The van der Waals surface area contributed by atoms with Crippen molar-refractivity contribution in [3.63, 3.8) is 0 Å². The van der Waals surface area contributed by atoms with E-state index in [9.17, 15) is 14.4 Å². The van der Waals surface area contributed by atoms with Crippen molar-refractivity contribution in [3.05, 3.63) is 29.3 Å². The van der Waals surface area contributed by atoms with Crippen molar-refractivity contribution >= 4 is 17.7 Å². The third-order valence-electron chi connectivity index (χ3n) is 8.41. The number of nitrogens with zero attached hydrogens (tertiary/aromatic N) is 2. The molecule has 188 valence electrons. The highest BCUT2D eigenvalue weighted by atomic mass is 16.5. The lowest BCUT2D eigenvalue weighted by Crippen LogP contribution is -2.52. The highest BCUT2D eigenvalue weighted by molar-refractivity contribution is 6.05. The van der Waals surface area contributed by atoms with Crippen LogP contribution in [0.25, 0.3) is 0 Å². The fraction of sp³-hybridized carbons (Fsp3) is 0.667. The van der Waals surface area contributed by atoms with Crippen LogP contribution in [0, 0.1) is 5.92 Å². The molecule has 2 saturated carbocycles. The Labute approximate surface area is 206 Å². The van der Waals surface area contributed by atoms with Gasteiger partial charge in [0.1, 0.15) is 17.9 Å². The smallest absolute Gasteiger partial charge is 0.255 e. The Bertz CT molecular complexity index is 1000. The van der Waals surface area contributed by atoms with Crippen molar-refractivity contribution in [1.29, 1.82) is 0 Å². The molecule has 4 fully saturated rings. The van der Waals surface area contributed by atoms with Gasteiger partial charge < -0.3 is 14.4 Å². The third kappa shape index (κ3) is 4.83. The average molecular weight is 482 g/mol. The number of likely N-dealkylation sites (tertiary alicyclic amines) is 1. The van der Waals surface area contributed by atoms with E-state index in [4.69, 9.17) is 9.47 Å². The van der Waals surface area contributed by atoms with E-state index in [-0.39, 0.29) is 30.2 Å². The second-order valence-electron chi connectivity index (χ2n) is 10.9. The number of hydrogen-bond acceptors (Lipinski definition) is 6. The highest BCUT2D eigenvalue weighted by Crippen LogP contribution is 2.35. The zero-order chi connectivity index (χ0) is 23.9. The maximum absolute atomic E-state index is 13.0. The van der Waals surface area contributed by atoms with Gasteiger partial charge in [-0.15, -0.1) is 0 Å². The molecule has 1 aromatic carbocycles. The first kappa shape index (κ1) is 23.0. The van der Waals surface area contributed by atoms with Gasteiger partial charge in [-0.05, 0) is 81.0 Å². The van der Waals surface area contributed by atoms with Crippen molar-refractivity contribution in [3.8, 4) is 5.75 Å². The van der Waals surface area contributed by atoms with E-state index in [2.05, 4.69) is 10.2 Å². The van der Waals surface area contributed by atoms with Crippen LogP contribution in [0.3, 0.4) is 0 Å². The molecule has 2 aliphatic carbocycles. The molecule has 2 saturated heterocycles. The number of rotatable bonds is 7. The minimum Gasteiger partial charge on any atom is -0.489 e. The molecule has 5 aliphatic rings. The zero-order valence-electron chi connectivity index (χ0n) is 20.2. The van der Waals surface area contributed by atoms with Gasteiger partial charge in [0.15, 0.2) is 0 Å². The van der Waals surface area contributed by atoms with Crippen LogP contribution < -0.4 is 10.1 Å². The van der Waals surface area contributed by atoms with Gasteiger partial charge in [0, 0.05) is 44.3 Å². The van der Waals surface area contributed by atoms with E-state index >= 15 is 0 Å². The summed E-state index contributed by atoms with van der Waals surface area (Å²) in [6.45, 7) is 3.46. The molecule has 8 heteroatoms. The Morgan fingerprint density at radius 1 is 0.971 bits per heavy atom. The summed E-state index contributed by atoms with van der Waals surface area (Å²) < 4.78 is 12.6. The molecule has 0 bridgehead atoms. The van der Waals surface area contributed by atoms with Crippen molar-refractivity contribution in [2.45, 2.75) is 88.6 Å². The van der Waals surface area contributed by atoms with Crippen LogP contribution in [0.5, 0.6) is 5.75 Å². The van der Waals surface area contributed by atoms with Crippen LogP contribution in [0.1, 0.15) is 73.7 Å². The predicted octanol–water partition coefficient (Wildman–Crippen LogP) is 2.64. The zero-order valence-corrected chi connectivity index (χ0v) is 20.2. The van der Waals surface area contributed by atoms with Crippen molar-refractivity contribution in [2.24, 2.45) is 5.92 Å². The van der Waals surface area contributed by atoms with Crippen molar-refractivity contribution < 1.29 is 23.9 Å². The Balaban J connectivity index is 1.06. The first-order chi connectivity index (χ1) is 17.0. The SMILES string of the molecule is O=C1CCC(N2Cc3cc(O[C@@H]4CCC[C@@H]4N4CCC(OCC5CC5)CC4)ccc3C2=O)C(=O)N1. The lowest BCUT2D eigenvalue weighted by molar-refractivity contribution is -0.136. The Morgan fingerprint density at radius 2 is 1.80 bits per heavy atom. The van der Waals surface area contributed by atoms with Gasteiger partial charge in [-0.2, -0.15) is 0 Å². The highest BCUT2D eigenvalue weighted by Gasteiger charge is 2.40. The standard InChI is InChI=1S/C27H35N3O5/c31-25-9-8-23(26(32)28-25)30-15-18-14-20(6-7-21(18)27(30)33)35-24-3-1-2-22(24)29-12-10-19(11-13-29)34-16-17-4-5-17/h6-7,14,17,19,22-24H,1-5,8-13,15-16H2,(H,28,31,32)/t22-,23?,24+/m0/s1. The van der Waals surface area contributed by atoms with Crippen LogP contribution in [0.2, 0.25) is 0 Å². The molecule has 3 heterocycles. The molecule has 35 heavy (non-hydrogen) atoms. The lowest BCUT2D eigenvalue weighted by Gasteiger charge is -2.38. The van der Waals surface area contributed by atoms with Gasteiger partial charge in [0.2, 0.25) is 11.8 Å². The number of carbonyl (C=O) groups excluding carboxylic acids is 3. The number of carbonyl (C=O) groups is 3. The van der Waals surface area contributed by atoms with Crippen LogP contribution in [0.15, 0.2) is 18.2 Å². The normalized spacial score (nSPS) is 30.0. The van der Waals surface area contributed by atoms with Crippen molar-refractivity contribution in [2.75, 3.05) is 19.7 Å². The molecule has 1 N–H and O–H groups in total. The maximum Gasteiger partial charge on any atom is 0.255 e. The largest absolute Gasteiger partial charge is 0.489 e. The molecule has 0 radical (unpaired) electrons. The van der Waals surface area contributed by atoms with E-state index in [1.165, 1.54) is 19.3 Å². The molecule has 8 nitrogen and oxygen atoms in total. The summed E-state index contributed by atoms with van der Waals surface area (Å²) in [7, 11) is 0. The Hall–Kier alpha value is -2.45. The summed E-state index contributed by atoms with van der Waals surface area (Å²) in [5.41, 5.74) is 1.51. The van der Waals surface area contributed by atoms with E-state index in [0.717, 1.165) is 62.6 Å². The number of piperidine rings is 2. The molecular formula is C27H35N3O5. The number of hydrogen-bond donors (Lipinski definition) is 1.